The molecular weight excluding hydrogens is 268 g/mol. The molecule has 92 valence electrons. The van der Waals surface area contributed by atoms with Gasteiger partial charge in [0.25, 0.3) is 10.0 Å². The van der Waals surface area contributed by atoms with Gasteiger partial charge in [-0.2, -0.15) is 4.31 Å². The van der Waals surface area contributed by atoms with Crippen molar-refractivity contribution in [2.75, 3.05) is 6.54 Å². The molecule has 0 unspecified atom stereocenters. The third-order valence-corrected chi connectivity index (χ3v) is 6.16. The molecule has 0 radical (unpaired) electrons. The minimum Gasteiger partial charge on any atom is -0.229 e. The molecule has 1 rings (SSSR count). The molecule has 0 fully saturated rings. The molecule has 0 atom stereocenters. The van der Waals surface area contributed by atoms with Gasteiger partial charge in [-0.1, -0.05) is 29.9 Å². The zero-order chi connectivity index (χ0) is 12.5. The second kappa shape index (κ2) is 5.00. The van der Waals surface area contributed by atoms with Crippen LogP contribution in [-0.4, -0.2) is 30.3 Å². The van der Waals surface area contributed by atoms with E-state index in [-0.39, 0.29) is 14.7 Å². The van der Waals surface area contributed by atoms with E-state index in [9.17, 15) is 8.42 Å². The SMILES string of the molecule is CCN(C(C)C)S(=O)(=O)c1sc(Cl)nc1C. The lowest BCUT2D eigenvalue weighted by Crippen LogP contribution is -2.36. The normalized spacial score (nSPS) is 12.7. The van der Waals surface area contributed by atoms with Crippen LogP contribution in [0.1, 0.15) is 26.5 Å². The number of thiazole rings is 1. The summed E-state index contributed by atoms with van der Waals surface area (Å²) < 4.78 is 26.5. The number of nitrogens with zero attached hydrogens (tertiary/aromatic N) is 2. The molecule has 0 aliphatic heterocycles. The molecule has 0 bridgehead atoms. The second-order valence-electron chi connectivity index (χ2n) is 3.64. The molecule has 0 saturated heterocycles. The summed E-state index contributed by atoms with van der Waals surface area (Å²) in [6.45, 7) is 7.60. The van der Waals surface area contributed by atoms with Gasteiger partial charge in [0.05, 0.1) is 5.69 Å². The van der Waals surface area contributed by atoms with Crippen molar-refractivity contribution in [2.45, 2.75) is 37.9 Å². The Morgan fingerprint density at radius 3 is 2.38 bits per heavy atom. The van der Waals surface area contributed by atoms with E-state index in [2.05, 4.69) is 4.98 Å². The van der Waals surface area contributed by atoms with Crippen LogP contribution in [0.15, 0.2) is 4.21 Å². The molecule has 1 aromatic rings. The van der Waals surface area contributed by atoms with E-state index in [0.29, 0.717) is 12.2 Å². The summed E-state index contributed by atoms with van der Waals surface area (Å²) >= 11 is 6.73. The predicted molar refractivity (Wildman–Crippen MR) is 66.6 cm³/mol. The molecule has 0 aliphatic carbocycles. The number of aromatic nitrogens is 1. The second-order valence-corrected chi connectivity index (χ2v) is 7.31. The summed E-state index contributed by atoms with van der Waals surface area (Å²) in [5, 5.41) is 0. The molecule has 0 spiro atoms. The third kappa shape index (κ3) is 2.56. The van der Waals surface area contributed by atoms with Crippen molar-refractivity contribution in [1.29, 1.82) is 0 Å². The van der Waals surface area contributed by atoms with E-state index in [1.165, 1.54) is 4.31 Å². The van der Waals surface area contributed by atoms with E-state index >= 15 is 0 Å². The highest BCUT2D eigenvalue weighted by Crippen LogP contribution is 2.29. The van der Waals surface area contributed by atoms with Crippen LogP contribution in [-0.2, 0) is 10.0 Å². The minimum atomic E-state index is -3.46. The van der Waals surface area contributed by atoms with Gasteiger partial charge >= 0.3 is 0 Å². The van der Waals surface area contributed by atoms with Crippen LogP contribution in [0, 0.1) is 6.92 Å². The van der Waals surface area contributed by atoms with Crippen LogP contribution in [0.3, 0.4) is 0 Å². The van der Waals surface area contributed by atoms with Crippen LogP contribution >= 0.6 is 22.9 Å². The zero-order valence-electron chi connectivity index (χ0n) is 9.69. The first-order valence-corrected chi connectivity index (χ1v) is 7.59. The average Bonchev–Trinajstić information content (AvgIpc) is 2.45. The fraction of sp³-hybridized carbons (Fsp3) is 0.667. The van der Waals surface area contributed by atoms with Gasteiger partial charge in [0.15, 0.2) is 8.68 Å². The zero-order valence-corrected chi connectivity index (χ0v) is 12.1. The highest BCUT2D eigenvalue weighted by atomic mass is 35.5. The Balaban J connectivity index is 3.25. The lowest BCUT2D eigenvalue weighted by molar-refractivity contribution is 0.370. The molecule has 1 aromatic heterocycles. The van der Waals surface area contributed by atoms with Crippen molar-refractivity contribution in [3.05, 3.63) is 10.2 Å². The third-order valence-electron chi connectivity index (χ3n) is 2.16. The topological polar surface area (TPSA) is 50.3 Å². The van der Waals surface area contributed by atoms with Gasteiger partial charge in [-0.15, -0.1) is 0 Å². The Kier molecular flexibility index (Phi) is 4.34. The van der Waals surface area contributed by atoms with Crippen LogP contribution in [0.25, 0.3) is 0 Å². The largest absolute Gasteiger partial charge is 0.254 e. The molecular formula is C9H15ClN2O2S2. The first kappa shape index (κ1) is 13.9. The number of rotatable bonds is 4. The fourth-order valence-electron chi connectivity index (χ4n) is 1.51. The highest BCUT2D eigenvalue weighted by molar-refractivity contribution is 7.91. The summed E-state index contributed by atoms with van der Waals surface area (Å²) in [5.41, 5.74) is 0.467. The van der Waals surface area contributed by atoms with Gasteiger partial charge < -0.3 is 0 Å². The van der Waals surface area contributed by atoms with Crippen molar-refractivity contribution in [1.82, 2.24) is 9.29 Å². The lowest BCUT2D eigenvalue weighted by Gasteiger charge is -2.23. The van der Waals surface area contributed by atoms with Crippen molar-refractivity contribution >= 4 is 33.0 Å². The molecule has 16 heavy (non-hydrogen) atoms. The molecule has 0 amide bonds. The smallest absolute Gasteiger partial charge is 0.229 e. The maximum atomic E-state index is 12.3. The predicted octanol–water partition coefficient (Wildman–Crippen LogP) is 2.52. The summed E-state index contributed by atoms with van der Waals surface area (Å²) in [7, 11) is -3.46. The quantitative estimate of drug-likeness (QED) is 0.853. The molecule has 1 heterocycles. The summed E-state index contributed by atoms with van der Waals surface area (Å²) in [6.07, 6.45) is 0. The summed E-state index contributed by atoms with van der Waals surface area (Å²) in [5.74, 6) is 0. The van der Waals surface area contributed by atoms with Crippen molar-refractivity contribution in [3.63, 3.8) is 0 Å². The lowest BCUT2D eigenvalue weighted by atomic mass is 10.4. The summed E-state index contributed by atoms with van der Waals surface area (Å²) in [6, 6.07) is -0.0738. The molecule has 0 aromatic carbocycles. The van der Waals surface area contributed by atoms with Crippen molar-refractivity contribution in [3.8, 4) is 0 Å². The van der Waals surface area contributed by atoms with Gasteiger partial charge in [0.2, 0.25) is 0 Å². The Labute approximate surface area is 105 Å². The molecule has 4 nitrogen and oxygen atoms in total. The van der Waals surface area contributed by atoms with Crippen LogP contribution < -0.4 is 0 Å². The van der Waals surface area contributed by atoms with E-state index in [1.54, 1.807) is 6.92 Å². The highest BCUT2D eigenvalue weighted by Gasteiger charge is 2.29. The summed E-state index contributed by atoms with van der Waals surface area (Å²) in [4.78, 5) is 3.93. The Bertz CT molecular complexity index is 468. The van der Waals surface area contributed by atoms with E-state index in [1.807, 2.05) is 20.8 Å². The minimum absolute atomic E-state index is 0.0738. The average molecular weight is 283 g/mol. The first-order valence-electron chi connectivity index (χ1n) is 4.95. The number of halogens is 1. The van der Waals surface area contributed by atoms with Gasteiger partial charge in [0, 0.05) is 12.6 Å². The number of hydrogen-bond donors (Lipinski definition) is 0. The number of aryl methyl sites for hydroxylation is 1. The van der Waals surface area contributed by atoms with Gasteiger partial charge in [-0.3, -0.25) is 0 Å². The molecule has 7 heteroatoms. The maximum Gasteiger partial charge on any atom is 0.254 e. The molecule has 0 N–H and O–H groups in total. The van der Waals surface area contributed by atoms with Crippen LogP contribution in [0.5, 0.6) is 0 Å². The Hall–Kier alpha value is -0.170. The standard InChI is InChI=1S/C9H15ClN2O2S2/c1-5-12(6(2)3)16(13,14)8-7(4)11-9(10)15-8/h6H,5H2,1-4H3. The van der Waals surface area contributed by atoms with E-state index in [0.717, 1.165) is 11.3 Å². The van der Waals surface area contributed by atoms with Crippen LogP contribution in [0.2, 0.25) is 4.47 Å². The molecule has 0 aliphatic rings. The van der Waals surface area contributed by atoms with E-state index < -0.39 is 10.0 Å². The number of sulfonamides is 1. The molecule has 0 saturated carbocycles. The Morgan fingerprint density at radius 1 is 1.50 bits per heavy atom. The fourth-order valence-corrected chi connectivity index (χ4v) is 5.01. The van der Waals surface area contributed by atoms with Gasteiger partial charge in [0.1, 0.15) is 0 Å². The van der Waals surface area contributed by atoms with Crippen LogP contribution in [0.4, 0.5) is 0 Å². The maximum absolute atomic E-state index is 12.3. The number of hydrogen-bond acceptors (Lipinski definition) is 4. The van der Waals surface area contributed by atoms with Gasteiger partial charge in [-0.05, 0) is 20.8 Å². The van der Waals surface area contributed by atoms with Crippen molar-refractivity contribution < 1.29 is 8.42 Å². The van der Waals surface area contributed by atoms with E-state index in [4.69, 9.17) is 11.6 Å². The van der Waals surface area contributed by atoms with Crippen molar-refractivity contribution in [2.24, 2.45) is 0 Å². The first-order chi connectivity index (χ1) is 7.30. The monoisotopic (exact) mass is 282 g/mol. The van der Waals surface area contributed by atoms with Gasteiger partial charge in [-0.25, -0.2) is 13.4 Å². The Morgan fingerprint density at radius 2 is 2.06 bits per heavy atom.